The highest BCUT2D eigenvalue weighted by Crippen LogP contribution is 2.29. The highest BCUT2D eigenvalue weighted by atomic mass is 16.3. The average molecular weight is 289 g/mol. The van der Waals surface area contributed by atoms with E-state index < -0.39 is 6.10 Å². The molecular weight excluding hydrogens is 262 g/mol. The zero-order valence-corrected chi connectivity index (χ0v) is 13.6. The largest absolute Gasteiger partial charge is 0.388 e. The first-order chi connectivity index (χ1) is 9.86. The number of fused-ring (bicyclic) bond motifs is 1. The minimum absolute atomic E-state index is 0.227. The molecule has 0 bridgehead atoms. The molecule has 1 N–H and O–H groups in total. The molecule has 1 aliphatic heterocycles. The van der Waals surface area contributed by atoms with Gasteiger partial charge in [0.15, 0.2) is 0 Å². The summed E-state index contributed by atoms with van der Waals surface area (Å²) in [5.74, 6) is 1.09. The fourth-order valence-electron chi connectivity index (χ4n) is 2.86. The van der Waals surface area contributed by atoms with Crippen LogP contribution in [0.15, 0.2) is 18.2 Å². The van der Waals surface area contributed by atoms with E-state index in [0.29, 0.717) is 31.3 Å². The van der Waals surface area contributed by atoms with Gasteiger partial charge in [0.1, 0.15) is 0 Å². The van der Waals surface area contributed by atoms with Crippen LogP contribution >= 0.6 is 0 Å². The average Bonchev–Trinajstić information content (AvgIpc) is 2.79. The van der Waals surface area contributed by atoms with Crippen molar-refractivity contribution in [2.75, 3.05) is 0 Å². The van der Waals surface area contributed by atoms with Gasteiger partial charge in [-0.1, -0.05) is 45.9 Å². The molecule has 1 aliphatic rings. The molecule has 0 fully saturated rings. The Bertz CT molecular complexity index is 508. The zero-order chi connectivity index (χ0) is 15.6. The van der Waals surface area contributed by atoms with Crippen molar-refractivity contribution in [2.24, 2.45) is 11.8 Å². The maximum absolute atomic E-state index is 12.2. The quantitative estimate of drug-likeness (QED) is 0.898. The lowest BCUT2D eigenvalue weighted by Crippen LogP contribution is -2.26. The Kier molecular flexibility index (Phi) is 5.04. The molecule has 0 spiro atoms. The summed E-state index contributed by atoms with van der Waals surface area (Å²) in [5.41, 5.74) is 3.38. The first kappa shape index (κ1) is 16.0. The van der Waals surface area contributed by atoms with Crippen LogP contribution in [0.25, 0.3) is 0 Å². The second-order valence-corrected chi connectivity index (χ2v) is 7.02. The van der Waals surface area contributed by atoms with Crippen LogP contribution in [0.4, 0.5) is 0 Å². The van der Waals surface area contributed by atoms with Gasteiger partial charge in [0, 0.05) is 19.5 Å². The molecule has 1 unspecified atom stereocenters. The third kappa shape index (κ3) is 4.07. The number of nitrogens with zero attached hydrogens (tertiary/aromatic N) is 1. The zero-order valence-electron chi connectivity index (χ0n) is 13.6. The Labute approximate surface area is 128 Å². The van der Waals surface area contributed by atoms with E-state index in [-0.39, 0.29) is 5.91 Å². The van der Waals surface area contributed by atoms with E-state index in [1.807, 2.05) is 11.0 Å². The number of rotatable bonds is 5. The van der Waals surface area contributed by atoms with Gasteiger partial charge in [0.05, 0.1) is 6.10 Å². The van der Waals surface area contributed by atoms with Gasteiger partial charge in [-0.3, -0.25) is 4.79 Å². The Balaban J connectivity index is 2.06. The second-order valence-electron chi connectivity index (χ2n) is 7.02. The lowest BCUT2D eigenvalue weighted by Gasteiger charge is -2.16. The third-order valence-electron chi connectivity index (χ3n) is 3.97. The summed E-state index contributed by atoms with van der Waals surface area (Å²) in [7, 11) is 0. The molecule has 0 saturated heterocycles. The Morgan fingerprint density at radius 2 is 1.81 bits per heavy atom. The van der Waals surface area contributed by atoms with Gasteiger partial charge in [-0.25, -0.2) is 0 Å². The standard InChI is InChI=1S/C18H27NO2/c1-12(2)7-17(20)14-5-6-15-10-19(11-16(15)9-14)18(21)8-13(3)4/h5-6,9,12-13,17,20H,7-8,10-11H2,1-4H3. The Hall–Kier alpha value is -1.35. The van der Waals surface area contributed by atoms with E-state index in [4.69, 9.17) is 0 Å². The smallest absolute Gasteiger partial charge is 0.223 e. The molecule has 0 aliphatic carbocycles. The molecule has 1 atom stereocenters. The van der Waals surface area contributed by atoms with Crippen LogP contribution in [0, 0.1) is 11.8 Å². The van der Waals surface area contributed by atoms with Crippen LogP contribution in [-0.2, 0) is 17.9 Å². The number of hydrogen-bond acceptors (Lipinski definition) is 2. The third-order valence-corrected chi connectivity index (χ3v) is 3.97. The molecule has 116 valence electrons. The van der Waals surface area contributed by atoms with Gasteiger partial charge in [-0.2, -0.15) is 0 Å². The second kappa shape index (κ2) is 6.61. The monoisotopic (exact) mass is 289 g/mol. The van der Waals surface area contributed by atoms with Gasteiger partial charge in [0.25, 0.3) is 0 Å². The highest BCUT2D eigenvalue weighted by molar-refractivity contribution is 5.77. The van der Waals surface area contributed by atoms with Crippen LogP contribution in [0.3, 0.4) is 0 Å². The topological polar surface area (TPSA) is 40.5 Å². The minimum Gasteiger partial charge on any atom is -0.388 e. The van der Waals surface area contributed by atoms with Gasteiger partial charge >= 0.3 is 0 Å². The molecule has 1 heterocycles. The van der Waals surface area contributed by atoms with Crippen molar-refractivity contribution in [2.45, 2.75) is 59.7 Å². The molecular formula is C18H27NO2. The Morgan fingerprint density at radius 3 is 2.43 bits per heavy atom. The lowest BCUT2D eigenvalue weighted by atomic mass is 9.97. The van der Waals surface area contributed by atoms with Gasteiger partial charge in [-0.15, -0.1) is 0 Å². The van der Waals surface area contributed by atoms with E-state index in [1.54, 1.807) is 0 Å². The van der Waals surface area contributed by atoms with E-state index in [0.717, 1.165) is 12.0 Å². The summed E-state index contributed by atoms with van der Waals surface area (Å²) in [6.45, 7) is 9.76. The van der Waals surface area contributed by atoms with Gasteiger partial charge in [-0.05, 0) is 34.9 Å². The molecule has 2 rings (SSSR count). The van der Waals surface area contributed by atoms with Crippen LogP contribution in [-0.4, -0.2) is 15.9 Å². The molecule has 21 heavy (non-hydrogen) atoms. The van der Waals surface area contributed by atoms with Crippen molar-refractivity contribution >= 4 is 5.91 Å². The predicted octanol–water partition coefficient (Wildman–Crippen LogP) is 3.65. The number of carbonyl (C=O) groups is 1. The number of amides is 1. The van der Waals surface area contributed by atoms with E-state index >= 15 is 0 Å². The van der Waals surface area contributed by atoms with Gasteiger partial charge < -0.3 is 10.0 Å². The Morgan fingerprint density at radius 1 is 1.14 bits per heavy atom. The van der Waals surface area contributed by atoms with Crippen molar-refractivity contribution in [3.8, 4) is 0 Å². The van der Waals surface area contributed by atoms with E-state index in [9.17, 15) is 9.90 Å². The highest BCUT2D eigenvalue weighted by Gasteiger charge is 2.24. The summed E-state index contributed by atoms with van der Waals surface area (Å²) >= 11 is 0. The maximum atomic E-state index is 12.2. The minimum atomic E-state index is -0.407. The predicted molar refractivity (Wildman–Crippen MR) is 84.6 cm³/mol. The van der Waals surface area contributed by atoms with E-state index in [2.05, 4.69) is 39.8 Å². The number of carbonyl (C=O) groups excluding carboxylic acids is 1. The summed E-state index contributed by atoms with van der Waals surface area (Å²) in [5, 5.41) is 10.2. The lowest BCUT2D eigenvalue weighted by molar-refractivity contribution is -0.132. The van der Waals surface area contributed by atoms with Crippen molar-refractivity contribution < 1.29 is 9.90 Å². The first-order valence-corrected chi connectivity index (χ1v) is 7.94. The molecule has 1 aromatic rings. The number of aliphatic hydroxyl groups excluding tert-OH is 1. The summed E-state index contributed by atoms with van der Waals surface area (Å²) in [6.07, 6.45) is 0.974. The molecule has 3 heteroatoms. The molecule has 1 amide bonds. The molecule has 1 aromatic carbocycles. The van der Waals surface area contributed by atoms with Crippen LogP contribution in [0.2, 0.25) is 0 Å². The first-order valence-electron chi connectivity index (χ1n) is 7.94. The maximum Gasteiger partial charge on any atom is 0.223 e. The van der Waals surface area contributed by atoms with Crippen molar-refractivity contribution in [3.63, 3.8) is 0 Å². The summed E-state index contributed by atoms with van der Waals surface area (Å²) < 4.78 is 0. The molecule has 3 nitrogen and oxygen atoms in total. The molecule has 0 aromatic heterocycles. The molecule has 0 radical (unpaired) electrons. The van der Waals surface area contributed by atoms with E-state index in [1.165, 1.54) is 11.1 Å². The van der Waals surface area contributed by atoms with Crippen LogP contribution in [0.5, 0.6) is 0 Å². The van der Waals surface area contributed by atoms with Crippen LogP contribution in [0.1, 0.15) is 63.3 Å². The fraction of sp³-hybridized carbons (Fsp3) is 0.611. The van der Waals surface area contributed by atoms with Gasteiger partial charge in [0.2, 0.25) is 5.91 Å². The SMILES string of the molecule is CC(C)CC(=O)N1Cc2ccc(C(O)CC(C)C)cc2C1. The van der Waals surface area contributed by atoms with Crippen LogP contribution < -0.4 is 0 Å². The molecule has 0 saturated carbocycles. The summed E-state index contributed by atoms with van der Waals surface area (Å²) in [6, 6.07) is 6.14. The fourth-order valence-corrected chi connectivity index (χ4v) is 2.86. The number of hydrogen-bond donors (Lipinski definition) is 1. The van der Waals surface area contributed by atoms with Crippen molar-refractivity contribution in [1.82, 2.24) is 4.90 Å². The van der Waals surface area contributed by atoms with Crippen molar-refractivity contribution in [1.29, 1.82) is 0 Å². The van der Waals surface area contributed by atoms with Crippen molar-refractivity contribution in [3.05, 3.63) is 34.9 Å². The number of benzene rings is 1. The normalized spacial score (nSPS) is 15.7. The number of aliphatic hydroxyl groups is 1. The summed E-state index contributed by atoms with van der Waals surface area (Å²) in [4.78, 5) is 14.1.